The standard InChI is InChI=1S/C15H26N4OS/c1-4-15-17-13(11-21-15)9-18-5-7-19(8-6-18)10-14(20)16-12(2)3/h11-12H,4-10H2,1-3H3,(H,16,20). The Morgan fingerprint density at radius 3 is 2.57 bits per heavy atom. The van der Waals surface area contributed by atoms with Gasteiger partial charge in [-0.05, 0) is 20.3 Å². The number of hydrogen-bond acceptors (Lipinski definition) is 5. The van der Waals surface area contributed by atoms with Gasteiger partial charge in [0.05, 0.1) is 17.2 Å². The van der Waals surface area contributed by atoms with Gasteiger partial charge in [0.15, 0.2) is 0 Å². The normalized spacial score (nSPS) is 17.3. The predicted molar refractivity (Wildman–Crippen MR) is 86.5 cm³/mol. The van der Waals surface area contributed by atoms with E-state index >= 15 is 0 Å². The van der Waals surface area contributed by atoms with Gasteiger partial charge in [0, 0.05) is 44.1 Å². The molecule has 2 heterocycles. The number of piperazine rings is 1. The Morgan fingerprint density at radius 2 is 2.00 bits per heavy atom. The maximum Gasteiger partial charge on any atom is 0.234 e. The van der Waals surface area contributed by atoms with Crippen molar-refractivity contribution in [3.63, 3.8) is 0 Å². The van der Waals surface area contributed by atoms with Gasteiger partial charge < -0.3 is 5.32 Å². The van der Waals surface area contributed by atoms with Crippen LogP contribution in [0.3, 0.4) is 0 Å². The second-order valence-electron chi connectivity index (χ2n) is 5.86. The minimum absolute atomic E-state index is 0.130. The van der Waals surface area contributed by atoms with Crippen molar-refractivity contribution in [2.75, 3.05) is 32.7 Å². The second kappa shape index (κ2) is 7.87. The molecule has 0 radical (unpaired) electrons. The van der Waals surface area contributed by atoms with E-state index in [0.29, 0.717) is 6.54 Å². The van der Waals surface area contributed by atoms with Gasteiger partial charge in [-0.1, -0.05) is 6.92 Å². The van der Waals surface area contributed by atoms with E-state index in [1.165, 1.54) is 10.7 Å². The maximum absolute atomic E-state index is 11.8. The molecule has 1 saturated heterocycles. The van der Waals surface area contributed by atoms with Gasteiger partial charge >= 0.3 is 0 Å². The zero-order valence-corrected chi connectivity index (χ0v) is 14.1. The third-order valence-electron chi connectivity index (χ3n) is 3.57. The topological polar surface area (TPSA) is 48.5 Å². The first kappa shape index (κ1) is 16.4. The van der Waals surface area contributed by atoms with Crippen LogP contribution < -0.4 is 5.32 Å². The quantitative estimate of drug-likeness (QED) is 0.861. The highest BCUT2D eigenvalue weighted by molar-refractivity contribution is 7.09. The Balaban J connectivity index is 1.71. The van der Waals surface area contributed by atoms with Gasteiger partial charge in [-0.2, -0.15) is 0 Å². The molecule has 1 aromatic heterocycles. The second-order valence-corrected chi connectivity index (χ2v) is 6.80. The summed E-state index contributed by atoms with van der Waals surface area (Å²) in [7, 11) is 0. The van der Waals surface area contributed by atoms with Gasteiger partial charge in [-0.15, -0.1) is 11.3 Å². The summed E-state index contributed by atoms with van der Waals surface area (Å²) >= 11 is 1.75. The molecule has 118 valence electrons. The highest BCUT2D eigenvalue weighted by Crippen LogP contribution is 2.13. The highest BCUT2D eigenvalue weighted by Gasteiger charge is 2.19. The van der Waals surface area contributed by atoms with E-state index in [9.17, 15) is 4.79 Å². The average molecular weight is 310 g/mol. The van der Waals surface area contributed by atoms with Crippen LogP contribution in [0, 0.1) is 0 Å². The van der Waals surface area contributed by atoms with Gasteiger partial charge in [-0.3, -0.25) is 14.6 Å². The van der Waals surface area contributed by atoms with Crippen LogP contribution in [0.15, 0.2) is 5.38 Å². The van der Waals surface area contributed by atoms with Crippen LogP contribution in [-0.2, 0) is 17.8 Å². The number of nitrogens with one attached hydrogen (secondary N) is 1. The van der Waals surface area contributed by atoms with Crippen LogP contribution in [-0.4, -0.2) is 59.5 Å². The number of aryl methyl sites for hydroxylation is 1. The van der Waals surface area contributed by atoms with E-state index in [2.05, 4.69) is 32.4 Å². The fraction of sp³-hybridized carbons (Fsp3) is 0.733. The van der Waals surface area contributed by atoms with Crippen molar-refractivity contribution >= 4 is 17.2 Å². The zero-order chi connectivity index (χ0) is 15.2. The summed E-state index contributed by atoms with van der Waals surface area (Å²) in [5.74, 6) is 0.130. The minimum atomic E-state index is 0.130. The van der Waals surface area contributed by atoms with Crippen LogP contribution in [0.1, 0.15) is 31.5 Å². The summed E-state index contributed by atoms with van der Waals surface area (Å²) in [6.07, 6.45) is 1.02. The lowest BCUT2D eigenvalue weighted by molar-refractivity contribution is -0.123. The molecule has 1 aliphatic heterocycles. The van der Waals surface area contributed by atoms with Crippen molar-refractivity contribution < 1.29 is 4.79 Å². The van der Waals surface area contributed by atoms with E-state index in [4.69, 9.17) is 0 Å². The smallest absolute Gasteiger partial charge is 0.234 e. The van der Waals surface area contributed by atoms with Crippen molar-refractivity contribution in [1.29, 1.82) is 0 Å². The average Bonchev–Trinajstić information content (AvgIpc) is 2.88. The van der Waals surface area contributed by atoms with Crippen LogP contribution in [0.5, 0.6) is 0 Å². The molecule has 1 N–H and O–H groups in total. The molecular formula is C15H26N4OS. The van der Waals surface area contributed by atoms with E-state index in [0.717, 1.165) is 39.1 Å². The Kier molecular flexibility index (Phi) is 6.14. The van der Waals surface area contributed by atoms with Crippen molar-refractivity contribution in [3.8, 4) is 0 Å². The molecule has 0 atom stereocenters. The molecule has 1 amide bonds. The van der Waals surface area contributed by atoms with Crippen molar-refractivity contribution in [3.05, 3.63) is 16.1 Å². The molecule has 21 heavy (non-hydrogen) atoms. The molecule has 0 spiro atoms. The number of carbonyl (C=O) groups excluding carboxylic acids is 1. The molecule has 2 rings (SSSR count). The van der Waals surface area contributed by atoms with Gasteiger partial charge in [0.1, 0.15) is 0 Å². The van der Waals surface area contributed by atoms with Crippen LogP contribution in [0.2, 0.25) is 0 Å². The first-order valence-corrected chi connectivity index (χ1v) is 8.62. The van der Waals surface area contributed by atoms with Crippen molar-refractivity contribution in [2.24, 2.45) is 0 Å². The van der Waals surface area contributed by atoms with Gasteiger partial charge in [0.2, 0.25) is 5.91 Å². The van der Waals surface area contributed by atoms with Crippen molar-refractivity contribution in [1.82, 2.24) is 20.1 Å². The van der Waals surface area contributed by atoms with Crippen LogP contribution in [0.4, 0.5) is 0 Å². The number of rotatable bonds is 6. The molecule has 0 saturated carbocycles. The Hall–Kier alpha value is -0.980. The van der Waals surface area contributed by atoms with E-state index in [1.54, 1.807) is 11.3 Å². The summed E-state index contributed by atoms with van der Waals surface area (Å²) < 4.78 is 0. The lowest BCUT2D eigenvalue weighted by Gasteiger charge is -2.34. The summed E-state index contributed by atoms with van der Waals surface area (Å²) in [5.41, 5.74) is 1.18. The molecule has 5 nitrogen and oxygen atoms in total. The third-order valence-corrected chi connectivity index (χ3v) is 4.61. The molecule has 0 bridgehead atoms. The Morgan fingerprint density at radius 1 is 1.33 bits per heavy atom. The van der Waals surface area contributed by atoms with Crippen LogP contribution in [0.25, 0.3) is 0 Å². The number of thiazole rings is 1. The molecule has 0 aromatic carbocycles. The molecule has 1 aliphatic rings. The number of aromatic nitrogens is 1. The lowest BCUT2D eigenvalue weighted by atomic mass is 10.3. The zero-order valence-electron chi connectivity index (χ0n) is 13.3. The van der Waals surface area contributed by atoms with Crippen molar-refractivity contribution in [2.45, 2.75) is 39.8 Å². The number of carbonyl (C=O) groups is 1. The van der Waals surface area contributed by atoms with Gasteiger partial charge in [-0.25, -0.2) is 4.98 Å². The largest absolute Gasteiger partial charge is 0.353 e. The molecular weight excluding hydrogens is 284 g/mol. The summed E-state index contributed by atoms with van der Waals surface area (Å²) in [6.45, 7) is 11.5. The SMILES string of the molecule is CCc1nc(CN2CCN(CC(=O)NC(C)C)CC2)cs1. The summed E-state index contributed by atoms with van der Waals surface area (Å²) in [6, 6.07) is 0.219. The maximum atomic E-state index is 11.8. The molecule has 0 unspecified atom stereocenters. The predicted octanol–water partition coefficient (Wildman–Crippen LogP) is 1.35. The molecule has 1 aromatic rings. The minimum Gasteiger partial charge on any atom is -0.353 e. The van der Waals surface area contributed by atoms with Gasteiger partial charge in [0.25, 0.3) is 0 Å². The molecule has 6 heteroatoms. The lowest BCUT2D eigenvalue weighted by Crippen LogP contribution is -2.49. The summed E-state index contributed by atoms with van der Waals surface area (Å²) in [4.78, 5) is 21.0. The first-order chi connectivity index (χ1) is 10.1. The fourth-order valence-corrected chi connectivity index (χ4v) is 3.23. The fourth-order valence-electron chi connectivity index (χ4n) is 2.49. The summed E-state index contributed by atoms with van der Waals surface area (Å²) in [5, 5.41) is 6.33. The van der Waals surface area contributed by atoms with E-state index in [1.807, 2.05) is 13.8 Å². The number of nitrogens with zero attached hydrogens (tertiary/aromatic N) is 3. The monoisotopic (exact) mass is 310 g/mol. The molecule has 1 fully saturated rings. The number of hydrogen-bond donors (Lipinski definition) is 1. The molecule has 0 aliphatic carbocycles. The van der Waals surface area contributed by atoms with E-state index < -0.39 is 0 Å². The first-order valence-electron chi connectivity index (χ1n) is 7.74. The Bertz CT molecular complexity index is 452. The number of amides is 1. The highest BCUT2D eigenvalue weighted by atomic mass is 32.1. The third kappa shape index (κ3) is 5.37. The Labute approximate surface area is 131 Å². The van der Waals surface area contributed by atoms with Crippen LogP contribution >= 0.6 is 11.3 Å². The van der Waals surface area contributed by atoms with E-state index in [-0.39, 0.29) is 11.9 Å².